The maximum atomic E-state index is 11.9. The topological polar surface area (TPSA) is 61.2 Å². The molecule has 0 unspecified atom stereocenters. The number of rotatable bonds is 5. The van der Waals surface area contributed by atoms with E-state index in [4.69, 9.17) is 4.74 Å². The number of Topliss-reactive ketones (excluding diaryl/α,β-unsaturated/α-hetero) is 1. The summed E-state index contributed by atoms with van der Waals surface area (Å²) < 4.78 is 6.74. The van der Waals surface area contributed by atoms with Crippen LogP contribution in [0.25, 0.3) is 0 Å². The van der Waals surface area contributed by atoms with Gasteiger partial charge in [-0.3, -0.25) is 4.79 Å². The summed E-state index contributed by atoms with van der Waals surface area (Å²) in [5.41, 5.74) is 0.883. The molecular weight excluding hydrogens is 276 g/mol. The minimum atomic E-state index is -0.537. The molecule has 0 bridgehead atoms. The van der Waals surface area contributed by atoms with Crippen LogP contribution < -0.4 is 0 Å². The van der Waals surface area contributed by atoms with E-state index in [1.54, 1.807) is 48.3 Å². The lowest BCUT2D eigenvalue weighted by Crippen LogP contribution is -2.17. The van der Waals surface area contributed by atoms with Gasteiger partial charge in [-0.15, -0.1) is 11.8 Å². The number of ketones is 1. The highest BCUT2D eigenvalue weighted by Gasteiger charge is 2.16. The molecule has 0 aliphatic heterocycles. The highest BCUT2D eigenvalue weighted by molar-refractivity contribution is 7.98. The second kappa shape index (κ2) is 6.38. The van der Waals surface area contributed by atoms with Gasteiger partial charge in [0.2, 0.25) is 5.78 Å². The molecule has 0 radical (unpaired) electrons. The highest BCUT2D eigenvalue weighted by atomic mass is 32.2. The molecule has 20 heavy (non-hydrogen) atoms. The zero-order valence-electron chi connectivity index (χ0n) is 11.2. The highest BCUT2D eigenvalue weighted by Crippen LogP contribution is 2.17. The number of thioether (sulfide) groups is 1. The number of aryl methyl sites for hydroxylation is 1. The van der Waals surface area contributed by atoms with Crippen molar-refractivity contribution in [2.24, 2.45) is 7.05 Å². The second-order valence-corrected chi connectivity index (χ2v) is 4.86. The lowest BCUT2D eigenvalue weighted by molar-refractivity contribution is 0.0468. The number of ether oxygens (including phenoxy) is 1. The van der Waals surface area contributed by atoms with Crippen LogP contribution in [0.5, 0.6) is 0 Å². The first kappa shape index (κ1) is 14.3. The molecule has 2 aromatic rings. The first-order valence-corrected chi connectivity index (χ1v) is 7.16. The maximum absolute atomic E-state index is 11.9. The SMILES string of the molecule is CSc1ncccc1C(=O)OCC(=O)c1cccn1C. The molecule has 0 aromatic carbocycles. The minimum absolute atomic E-state index is 0.236. The van der Waals surface area contributed by atoms with Gasteiger partial charge < -0.3 is 9.30 Å². The van der Waals surface area contributed by atoms with E-state index in [2.05, 4.69) is 4.98 Å². The quantitative estimate of drug-likeness (QED) is 0.480. The van der Waals surface area contributed by atoms with Crippen LogP contribution in [0.1, 0.15) is 20.8 Å². The van der Waals surface area contributed by atoms with Crippen LogP contribution in [0.2, 0.25) is 0 Å². The number of aromatic nitrogens is 2. The number of hydrogen-bond acceptors (Lipinski definition) is 5. The number of carbonyl (C=O) groups excluding carboxylic acids is 2. The summed E-state index contributed by atoms with van der Waals surface area (Å²) in [7, 11) is 1.77. The fourth-order valence-corrected chi connectivity index (χ4v) is 2.28. The Balaban J connectivity index is 2.02. The Kier molecular flexibility index (Phi) is 4.57. The molecule has 0 amide bonds. The number of carbonyl (C=O) groups is 2. The van der Waals surface area contributed by atoms with E-state index in [1.807, 2.05) is 6.26 Å². The van der Waals surface area contributed by atoms with E-state index in [9.17, 15) is 9.59 Å². The molecule has 0 N–H and O–H groups in total. The second-order valence-electron chi connectivity index (χ2n) is 4.06. The summed E-state index contributed by atoms with van der Waals surface area (Å²) in [4.78, 5) is 27.9. The third kappa shape index (κ3) is 3.08. The number of hydrogen-bond donors (Lipinski definition) is 0. The van der Waals surface area contributed by atoms with Crippen molar-refractivity contribution in [3.8, 4) is 0 Å². The fourth-order valence-electron chi connectivity index (χ4n) is 1.74. The first-order chi connectivity index (χ1) is 9.63. The molecule has 0 spiro atoms. The summed E-state index contributed by atoms with van der Waals surface area (Å²) in [5, 5.41) is 0.587. The summed E-state index contributed by atoms with van der Waals surface area (Å²) in [6, 6.07) is 6.75. The van der Waals surface area contributed by atoms with Crippen LogP contribution in [0.3, 0.4) is 0 Å². The van der Waals surface area contributed by atoms with E-state index in [0.29, 0.717) is 16.3 Å². The van der Waals surface area contributed by atoms with Gasteiger partial charge in [0, 0.05) is 19.4 Å². The molecule has 6 heteroatoms. The predicted molar refractivity (Wildman–Crippen MR) is 76.0 cm³/mol. The van der Waals surface area contributed by atoms with E-state index in [1.165, 1.54) is 11.8 Å². The van der Waals surface area contributed by atoms with Gasteiger partial charge in [0.05, 0.1) is 11.3 Å². The third-order valence-electron chi connectivity index (χ3n) is 2.75. The van der Waals surface area contributed by atoms with Crippen molar-refractivity contribution in [1.29, 1.82) is 0 Å². The van der Waals surface area contributed by atoms with Crippen molar-refractivity contribution >= 4 is 23.5 Å². The molecule has 0 saturated carbocycles. The zero-order chi connectivity index (χ0) is 14.5. The molecule has 104 valence electrons. The lowest BCUT2D eigenvalue weighted by Gasteiger charge is -2.07. The van der Waals surface area contributed by atoms with Crippen LogP contribution in [-0.2, 0) is 11.8 Å². The smallest absolute Gasteiger partial charge is 0.341 e. The Labute approximate surface area is 121 Å². The molecule has 2 rings (SSSR count). The van der Waals surface area contributed by atoms with Crippen LogP contribution in [-0.4, -0.2) is 34.2 Å². The average Bonchev–Trinajstić information content (AvgIpc) is 2.90. The van der Waals surface area contributed by atoms with Crippen molar-refractivity contribution in [1.82, 2.24) is 9.55 Å². The standard InChI is InChI=1S/C14H14N2O3S/c1-16-8-4-6-11(16)12(17)9-19-14(18)10-5-3-7-15-13(10)20-2/h3-8H,9H2,1-2H3. The van der Waals surface area contributed by atoms with Crippen LogP contribution in [0.4, 0.5) is 0 Å². The summed E-state index contributed by atoms with van der Waals surface area (Å²) in [6.45, 7) is -0.278. The monoisotopic (exact) mass is 290 g/mol. The molecule has 0 fully saturated rings. The van der Waals surface area contributed by atoms with E-state index < -0.39 is 5.97 Å². The molecule has 0 atom stereocenters. The van der Waals surface area contributed by atoms with Gasteiger partial charge in [0.15, 0.2) is 6.61 Å². The first-order valence-electron chi connectivity index (χ1n) is 5.94. The molecule has 0 saturated heterocycles. The average molecular weight is 290 g/mol. The van der Waals surface area contributed by atoms with Crippen molar-refractivity contribution < 1.29 is 14.3 Å². The summed E-state index contributed by atoms with van der Waals surface area (Å²) >= 11 is 1.36. The van der Waals surface area contributed by atoms with E-state index in [-0.39, 0.29) is 12.4 Å². The third-order valence-corrected chi connectivity index (χ3v) is 3.46. The fraction of sp³-hybridized carbons (Fsp3) is 0.214. The van der Waals surface area contributed by atoms with Gasteiger partial charge >= 0.3 is 5.97 Å². The molecule has 2 heterocycles. The lowest BCUT2D eigenvalue weighted by atomic mass is 10.3. The molecule has 5 nitrogen and oxygen atoms in total. The van der Waals surface area contributed by atoms with Crippen LogP contribution in [0.15, 0.2) is 41.7 Å². The zero-order valence-corrected chi connectivity index (χ0v) is 12.0. The van der Waals surface area contributed by atoms with Gasteiger partial charge in [0.25, 0.3) is 0 Å². The van der Waals surface area contributed by atoms with Crippen molar-refractivity contribution in [2.45, 2.75) is 5.03 Å². The normalized spacial score (nSPS) is 10.3. The predicted octanol–water partition coefficient (Wildman–Crippen LogP) is 2.18. The van der Waals surface area contributed by atoms with Crippen molar-refractivity contribution in [3.05, 3.63) is 47.9 Å². The maximum Gasteiger partial charge on any atom is 0.341 e. The van der Waals surface area contributed by atoms with Gasteiger partial charge in [-0.1, -0.05) is 0 Å². The summed E-state index contributed by atoms with van der Waals surface area (Å²) in [5.74, 6) is -0.773. The van der Waals surface area contributed by atoms with Gasteiger partial charge in [-0.05, 0) is 30.5 Å². The Morgan fingerprint density at radius 1 is 1.35 bits per heavy atom. The minimum Gasteiger partial charge on any atom is -0.454 e. The van der Waals surface area contributed by atoms with Crippen LogP contribution >= 0.6 is 11.8 Å². The Hall–Kier alpha value is -2.08. The van der Waals surface area contributed by atoms with Gasteiger partial charge in [0.1, 0.15) is 5.03 Å². The van der Waals surface area contributed by atoms with E-state index >= 15 is 0 Å². The Morgan fingerprint density at radius 2 is 2.15 bits per heavy atom. The Morgan fingerprint density at radius 3 is 2.80 bits per heavy atom. The number of nitrogens with zero attached hydrogens (tertiary/aromatic N) is 2. The molecule has 0 aliphatic rings. The number of esters is 1. The molecule has 2 aromatic heterocycles. The van der Waals surface area contributed by atoms with Gasteiger partial charge in [-0.2, -0.15) is 0 Å². The summed E-state index contributed by atoms with van der Waals surface area (Å²) in [6.07, 6.45) is 5.20. The largest absolute Gasteiger partial charge is 0.454 e. The van der Waals surface area contributed by atoms with E-state index in [0.717, 1.165) is 0 Å². The van der Waals surface area contributed by atoms with Crippen molar-refractivity contribution in [2.75, 3.05) is 12.9 Å². The van der Waals surface area contributed by atoms with Crippen LogP contribution in [0, 0.1) is 0 Å². The molecule has 0 aliphatic carbocycles. The van der Waals surface area contributed by atoms with Crippen molar-refractivity contribution in [3.63, 3.8) is 0 Å². The molecular formula is C14H14N2O3S. The Bertz CT molecular complexity index is 637. The van der Waals surface area contributed by atoms with Gasteiger partial charge in [-0.25, -0.2) is 9.78 Å². The number of pyridine rings is 1.